The number of hydrogen-bond donors (Lipinski definition) is 2. The molecule has 0 radical (unpaired) electrons. The molecule has 21 heavy (non-hydrogen) atoms. The van der Waals surface area contributed by atoms with E-state index in [0.717, 1.165) is 50.3 Å². The van der Waals surface area contributed by atoms with Crippen molar-refractivity contribution in [3.8, 4) is 0 Å². The van der Waals surface area contributed by atoms with Crippen LogP contribution in [0.15, 0.2) is 0 Å². The molecule has 1 aromatic heterocycles. The zero-order valence-electron chi connectivity index (χ0n) is 13.1. The van der Waals surface area contributed by atoms with Crippen molar-refractivity contribution >= 4 is 5.91 Å². The average Bonchev–Trinajstić information content (AvgIpc) is 2.73. The summed E-state index contributed by atoms with van der Waals surface area (Å²) in [5.74, 6) is 1.80. The quantitative estimate of drug-likeness (QED) is 0.836. The van der Waals surface area contributed by atoms with Crippen LogP contribution in [0.5, 0.6) is 0 Å². The fourth-order valence-electron chi connectivity index (χ4n) is 2.77. The van der Waals surface area contributed by atoms with Crippen molar-refractivity contribution in [1.29, 1.82) is 0 Å². The summed E-state index contributed by atoms with van der Waals surface area (Å²) in [6.07, 6.45) is 7.27. The minimum atomic E-state index is -0.432. The van der Waals surface area contributed by atoms with Gasteiger partial charge in [-0.25, -0.2) is 0 Å². The molecule has 1 aliphatic heterocycles. The molecule has 3 N–H and O–H groups in total. The number of carbonyl (C=O) groups is 1. The molecule has 6 heteroatoms. The normalized spacial score (nSPS) is 17.7. The van der Waals surface area contributed by atoms with Gasteiger partial charge in [0, 0.05) is 13.0 Å². The molecular formula is C15H27N5O. The zero-order chi connectivity index (χ0) is 15.2. The van der Waals surface area contributed by atoms with E-state index in [-0.39, 0.29) is 11.9 Å². The number of nitrogens with zero attached hydrogens (tertiary/aromatic N) is 3. The van der Waals surface area contributed by atoms with Gasteiger partial charge < -0.3 is 15.6 Å². The van der Waals surface area contributed by atoms with Gasteiger partial charge in [-0.15, -0.1) is 10.2 Å². The Balaban J connectivity index is 1.98. The van der Waals surface area contributed by atoms with Crippen molar-refractivity contribution < 1.29 is 4.79 Å². The fraction of sp³-hybridized carbons (Fsp3) is 0.800. The van der Waals surface area contributed by atoms with Gasteiger partial charge in [0.2, 0.25) is 5.91 Å². The number of unbranched alkanes of at least 4 members (excludes halogenated alkanes) is 1. The van der Waals surface area contributed by atoms with E-state index in [4.69, 9.17) is 5.73 Å². The van der Waals surface area contributed by atoms with Crippen molar-refractivity contribution in [2.24, 2.45) is 5.73 Å². The van der Waals surface area contributed by atoms with Crippen LogP contribution in [0.3, 0.4) is 0 Å². The van der Waals surface area contributed by atoms with E-state index in [1.807, 2.05) is 6.92 Å². The Morgan fingerprint density at radius 1 is 1.38 bits per heavy atom. The van der Waals surface area contributed by atoms with E-state index in [1.165, 1.54) is 12.8 Å². The number of rotatable bonds is 6. The fourth-order valence-corrected chi connectivity index (χ4v) is 2.77. The van der Waals surface area contributed by atoms with Gasteiger partial charge >= 0.3 is 0 Å². The number of amides is 1. The first kappa shape index (κ1) is 15.9. The predicted octanol–water partition coefficient (Wildman–Crippen LogP) is 1.70. The molecule has 0 aliphatic carbocycles. The van der Waals surface area contributed by atoms with Crippen LogP contribution in [-0.4, -0.2) is 26.7 Å². The lowest BCUT2D eigenvalue weighted by atomic mass is 10.1. The lowest BCUT2D eigenvalue weighted by molar-refractivity contribution is -0.123. The molecular weight excluding hydrogens is 266 g/mol. The first-order valence-corrected chi connectivity index (χ1v) is 8.11. The second kappa shape index (κ2) is 7.54. The van der Waals surface area contributed by atoms with Crippen LogP contribution in [-0.2, 0) is 17.8 Å². The van der Waals surface area contributed by atoms with Gasteiger partial charge in [-0.2, -0.15) is 0 Å². The Labute approximate surface area is 126 Å². The summed E-state index contributed by atoms with van der Waals surface area (Å²) in [5, 5.41) is 11.5. The molecule has 0 fully saturated rings. The molecule has 6 nitrogen and oxygen atoms in total. The van der Waals surface area contributed by atoms with Crippen molar-refractivity contribution in [1.82, 2.24) is 20.1 Å². The molecule has 1 aliphatic rings. The Kier molecular flexibility index (Phi) is 5.73. The van der Waals surface area contributed by atoms with Crippen molar-refractivity contribution in [3.63, 3.8) is 0 Å². The molecule has 0 aromatic carbocycles. The number of nitrogens with one attached hydrogen (secondary N) is 1. The highest BCUT2D eigenvalue weighted by Gasteiger charge is 2.22. The molecule has 1 aromatic rings. The van der Waals surface area contributed by atoms with Crippen LogP contribution in [0.25, 0.3) is 0 Å². The molecule has 0 bridgehead atoms. The summed E-state index contributed by atoms with van der Waals surface area (Å²) in [7, 11) is 0. The topological polar surface area (TPSA) is 85.8 Å². The van der Waals surface area contributed by atoms with E-state index >= 15 is 0 Å². The summed E-state index contributed by atoms with van der Waals surface area (Å²) >= 11 is 0. The summed E-state index contributed by atoms with van der Waals surface area (Å²) in [5.41, 5.74) is 5.91. The molecule has 0 spiro atoms. The maximum Gasteiger partial charge on any atom is 0.237 e. The molecule has 0 saturated heterocycles. The maximum absolute atomic E-state index is 12.1. The minimum absolute atomic E-state index is 0.0954. The summed E-state index contributed by atoms with van der Waals surface area (Å²) in [6.45, 7) is 4.99. The van der Waals surface area contributed by atoms with E-state index < -0.39 is 6.04 Å². The SMILES string of the molecule is CCCC[C@H](N)C(=O)NC(C)c1nnc2n1CCCCC2. The van der Waals surface area contributed by atoms with Gasteiger partial charge in [0.25, 0.3) is 0 Å². The van der Waals surface area contributed by atoms with Crippen LogP contribution in [0.2, 0.25) is 0 Å². The van der Waals surface area contributed by atoms with Gasteiger partial charge in [0.1, 0.15) is 5.82 Å². The van der Waals surface area contributed by atoms with Gasteiger partial charge in [0.15, 0.2) is 5.82 Å². The highest BCUT2D eigenvalue weighted by Crippen LogP contribution is 2.18. The van der Waals surface area contributed by atoms with Gasteiger partial charge in [-0.05, 0) is 26.2 Å². The Hall–Kier alpha value is -1.43. The molecule has 2 rings (SSSR count). The predicted molar refractivity (Wildman–Crippen MR) is 81.6 cm³/mol. The zero-order valence-corrected chi connectivity index (χ0v) is 13.1. The van der Waals surface area contributed by atoms with E-state index in [2.05, 4.69) is 27.0 Å². The lowest BCUT2D eigenvalue weighted by Crippen LogP contribution is -2.42. The third-order valence-corrected chi connectivity index (χ3v) is 4.09. The second-order valence-corrected chi connectivity index (χ2v) is 5.92. The number of aromatic nitrogens is 3. The Morgan fingerprint density at radius 3 is 2.95 bits per heavy atom. The van der Waals surface area contributed by atoms with E-state index in [1.54, 1.807) is 0 Å². The number of aryl methyl sites for hydroxylation is 1. The van der Waals surface area contributed by atoms with Crippen LogP contribution in [0.4, 0.5) is 0 Å². The first-order chi connectivity index (χ1) is 10.1. The molecule has 0 saturated carbocycles. The lowest BCUT2D eigenvalue weighted by Gasteiger charge is -2.18. The largest absolute Gasteiger partial charge is 0.345 e. The maximum atomic E-state index is 12.1. The molecule has 2 atom stereocenters. The Bertz CT molecular complexity index is 471. The average molecular weight is 293 g/mol. The third kappa shape index (κ3) is 4.03. The van der Waals surface area contributed by atoms with Crippen molar-refractivity contribution in [2.75, 3.05) is 0 Å². The van der Waals surface area contributed by atoms with Gasteiger partial charge in [0.05, 0.1) is 12.1 Å². The highest BCUT2D eigenvalue weighted by atomic mass is 16.2. The number of fused-ring (bicyclic) bond motifs is 1. The summed E-state index contributed by atoms with van der Waals surface area (Å²) in [6, 6.07) is -0.580. The van der Waals surface area contributed by atoms with Crippen molar-refractivity contribution in [3.05, 3.63) is 11.6 Å². The van der Waals surface area contributed by atoms with Crippen LogP contribution in [0, 0.1) is 0 Å². The van der Waals surface area contributed by atoms with E-state index in [0.29, 0.717) is 0 Å². The second-order valence-electron chi connectivity index (χ2n) is 5.92. The summed E-state index contributed by atoms with van der Waals surface area (Å²) < 4.78 is 2.16. The number of hydrogen-bond acceptors (Lipinski definition) is 4. The monoisotopic (exact) mass is 293 g/mol. The van der Waals surface area contributed by atoms with E-state index in [9.17, 15) is 4.79 Å². The standard InChI is InChI=1S/C15H27N5O/c1-3-4-8-12(16)15(21)17-11(2)14-19-18-13-9-6-5-7-10-20(13)14/h11-12H,3-10,16H2,1-2H3,(H,17,21)/t11?,12-/m0/s1. The number of carbonyl (C=O) groups excluding carboxylic acids is 1. The van der Waals surface area contributed by atoms with Crippen LogP contribution < -0.4 is 11.1 Å². The smallest absolute Gasteiger partial charge is 0.237 e. The molecule has 118 valence electrons. The minimum Gasteiger partial charge on any atom is -0.345 e. The molecule has 1 unspecified atom stereocenters. The molecule has 2 heterocycles. The van der Waals surface area contributed by atoms with Gasteiger partial charge in [-0.3, -0.25) is 4.79 Å². The Morgan fingerprint density at radius 2 is 2.19 bits per heavy atom. The number of nitrogens with two attached hydrogens (primary N) is 1. The summed E-state index contributed by atoms with van der Waals surface area (Å²) in [4.78, 5) is 12.1. The van der Waals surface area contributed by atoms with Crippen molar-refractivity contribution in [2.45, 2.75) is 77.4 Å². The van der Waals surface area contributed by atoms with Gasteiger partial charge in [-0.1, -0.05) is 26.2 Å². The highest BCUT2D eigenvalue weighted by molar-refractivity contribution is 5.81. The molecule has 1 amide bonds. The van der Waals surface area contributed by atoms with Crippen LogP contribution in [0.1, 0.15) is 70.1 Å². The van der Waals surface area contributed by atoms with Crippen LogP contribution >= 0.6 is 0 Å². The first-order valence-electron chi connectivity index (χ1n) is 8.11. The third-order valence-electron chi connectivity index (χ3n) is 4.09.